The van der Waals surface area contributed by atoms with Crippen molar-refractivity contribution in [2.24, 2.45) is 0 Å². The molecule has 3 heteroatoms. The van der Waals surface area contributed by atoms with Gasteiger partial charge in [0, 0.05) is 31.4 Å². The van der Waals surface area contributed by atoms with Crippen molar-refractivity contribution in [3.63, 3.8) is 0 Å². The van der Waals surface area contributed by atoms with Crippen molar-refractivity contribution < 1.29 is 0 Å². The second-order valence-electron chi connectivity index (χ2n) is 5.54. The fourth-order valence-corrected chi connectivity index (χ4v) is 2.64. The predicted molar refractivity (Wildman–Crippen MR) is 89.6 cm³/mol. The van der Waals surface area contributed by atoms with Gasteiger partial charge in [0.2, 0.25) is 0 Å². The van der Waals surface area contributed by atoms with Crippen molar-refractivity contribution >= 4 is 5.82 Å². The van der Waals surface area contributed by atoms with Crippen molar-refractivity contribution in [1.82, 2.24) is 10.3 Å². The molecule has 0 spiro atoms. The van der Waals surface area contributed by atoms with Gasteiger partial charge >= 0.3 is 0 Å². The number of benzene rings is 1. The summed E-state index contributed by atoms with van der Waals surface area (Å²) >= 11 is 0. The minimum Gasteiger partial charge on any atom is -0.355 e. The van der Waals surface area contributed by atoms with Crippen molar-refractivity contribution in [3.05, 3.63) is 59.3 Å². The summed E-state index contributed by atoms with van der Waals surface area (Å²) in [5.41, 5.74) is 3.85. The van der Waals surface area contributed by atoms with Gasteiger partial charge < -0.3 is 10.2 Å². The minimum atomic E-state index is 0.304. The molecule has 1 heterocycles. The Kier molecular flexibility index (Phi) is 5.34. The van der Waals surface area contributed by atoms with Gasteiger partial charge in [0.15, 0.2) is 0 Å². The van der Waals surface area contributed by atoms with Crippen LogP contribution in [-0.2, 0) is 6.54 Å². The van der Waals surface area contributed by atoms with Crippen LogP contribution in [-0.4, -0.2) is 18.6 Å². The van der Waals surface area contributed by atoms with Crippen molar-refractivity contribution in [3.8, 4) is 0 Å². The van der Waals surface area contributed by atoms with E-state index in [2.05, 4.69) is 73.4 Å². The molecule has 0 fully saturated rings. The maximum absolute atomic E-state index is 4.59. The highest BCUT2D eigenvalue weighted by Crippen LogP contribution is 2.24. The number of anilines is 1. The van der Waals surface area contributed by atoms with Gasteiger partial charge in [-0.3, -0.25) is 0 Å². The average molecular weight is 283 g/mol. The number of nitrogens with one attached hydrogen (secondary N) is 1. The maximum Gasteiger partial charge on any atom is 0.133 e. The molecule has 1 N–H and O–H groups in total. The normalized spacial score (nSPS) is 12.2. The van der Waals surface area contributed by atoms with Crippen LogP contribution in [0.25, 0.3) is 0 Å². The molecule has 1 unspecified atom stereocenters. The lowest BCUT2D eigenvalue weighted by Crippen LogP contribution is -2.24. The number of hydrogen-bond donors (Lipinski definition) is 1. The van der Waals surface area contributed by atoms with E-state index in [0.29, 0.717) is 6.04 Å². The number of rotatable bonds is 6. The van der Waals surface area contributed by atoms with Crippen molar-refractivity contribution in [2.75, 3.05) is 18.5 Å². The third-order valence-corrected chi connectivity index (χ3v) is 3.66. The average Bonchev–Trinajstić information content (AvgIpc) is 2.47. The Balaban J connectivity index is 2.21. The van der Waals surface area contributed by atoms with Gasteiger partial charge in [-0.05, 0) is 32.0 Å². The van der Waals surface area contributed by atoms with E-state index in [1.54, 1.807) is 0 Å². The topological polar surface area (TPSA) is 28.2 Å². The molecular weight excluding hydrogens is 258 g/mol. The van der Waals surface area contributed by atoms with Crippen LogP contribution in [0.5, 0.6) is 0 Å². The molecular formula is C18H25N3. The van der Waals surface area contributed by atoms with Gasteiger partial charge in [0.25, 0.3) is 0 Å². The lowest BCUT2D eigenvalue weighted by atomic mass is 10.1. The van der Waals surface area contributed by atoms with E-state index in [1.807, 2.05) is 12.3 Å². The van der Waals surface area contributed by atoms with E-state index in [4.69, 9.17) is 0 Å². The molecule has 21 heavy (non-hydrogen) atoms. The third-order valence-electron chi connectivity index (χ3n) is 3.66. The van der Waals surface area contributed by atoms with Crippen LogP contribution in [0.4, 0.5) is 5.82 Å². The second-order valence-corrected chi connectivity index (χ2v) is 5.54. The molecule has 2 rings (SSSR count). The van der Waals surface area contributed by atoms with Crippen LogP contribution in [0.3, 0.4) is 0 Å². The number of pyridine rings is 1. The third kappa shape index (κ3) is 4.05. The highest BCUT2D eigenvalue weighted by molar-refractivity contribution is 5.48. The molecule has 1 aromatic heterocycles. The first-order valence-corrected chi connectivity index (χ1v) is 7.56. The molecule has 0 aliphatic rings. The van der Waals surface area contributed by atoms with E-state index in [9.17, 15) is 0 Å². The second kappa shape index (κ2) is 7.23. The summed E-state index contributed by atoms with van der Waals surface area (Å²) in [6, 6.07) is 13.1. The fourth-order valence-electron chi connectivity index (χ4n) is 2.64. The molecule has 1 aromatic carbocycles. The van der Waals surface area contributed by atoms with Gasteiger partial charge in [0.05, 0.1) is 0 Å². The number of hydrogen-bond acceptors (Lipinski definition) is 3. The number of aromatic nitrogens is 1. The molecule has 3 nitrogen and oxygen atoms in total. The van der Waals surface area contributed by atoms with Crippen molar-refractivity contribution in [1.29, 1.82) is 0 Å². The van der Waals surface area contributed by atoms with E-state index in [-0.39, 0.29) is 0 Å². The highest BCUT2D eigenvalue weighted by Gasteiger charge is 2.14. The summed E-state index contributed by atoms with van der Waals surface area (Å²) in [5.74, 6) is 1.05. The van der Waals surface area contributed by atoms with E-state index in [1.165, 1.54) is 16.7 Å². The van der Waals surface area contributed by atoms with Crippen LogP contribution < -0.4 is 10.2 Å². The Hall–Kier alpha value is -1.87. The van der Waals surface area contributed by atoms with Crippen LogP contribution in [0, 0.1) is 6.92 Å². The van der Waals surface area contributed by atoms with Gasteiger partial charge in [-0.2, -0.15) is 0 Å². The molecule has 0 saturated heterocycles. The van der Waals surface area contributed by atoms with Crippen LogP contribution in [0.15, 0.2) is 42.6 Å². The SMILES string of the molecule is CCNC(C)c1cccnc1N(C)Cc1cccc(C)c1. The Morgan fingerprint density at radius 3 is 2.76 bits per heavy atom. The molecule has 0 amide bonds. The smallest absolute Gasteiger partial charge is 0.133 e. The zero-order valence-corrected chi connectivity index (χ0v) is 13.4. The quantitative estimate of drug-likeness (QED) is 0.876. The van der Waals surface area contributed by atoms with Gasteiger partial charge in [-0.15, -0.1) is 0 Å². The zero-order valence-electron chi connectivity index (χ0n) is 13.4. The van der Waals surface area contributed by atoms with Gasteiger partial charge in [-0.1, -0.05) is 42.8 Å². The van der Waals surface area contributed by atoms with E-state index in [0.717, 1.165) is 18.9 Å². The molecule has 112 valence electrons. The molecule has 0 saturated carbocycles. The molecule has 0 aliphatic carbocycles. The largest absolute Gasteiger partial charge is 0.355 e. The summed E-state index contributed by atoms with van der Waals surface area (Å²) in [5, 5.41) is 3.46. The highest BCUT2D eigenvalue weighted by atomic mass is 15.2. The number of nitrogens with zero attached hydrogens (tertiary/aromatic N) is 2. The summed E-state index contributed by atoms with van der Waals surface area (Å²) in [6.07, 6.45) is 1.87. The van der Waals surface area contributed by atoms with E-state index >= 15 is 0 Å². The van der Waals surface area contributed by atoms with Gasteiger partial charge in [-0.25, -0.2) is 4.98 Å². The lowest BCUT2D eigenvalue weighted by molar-refractivity contribution is 0.594. The summed E-state index contributed by atoms with van der Waals surface area (Å²) in [7, 11) is 2.10. The summed E-state index contributed by atoms with van der Waals surface area (Å²) < 4.78 is 0. The molecule has 2 aromatic rings. The summed E-state index contributed by atoms with van der Waals surface area (Å²) in [6.45, 7) is 8.26. The predicted octanol–water partition coefficient (Wildman–Crippen LogP) is 3.70. The molecule has 0 radical (unpaired) electrons. The molecule has 1 atom stereocenters. The first-order valence-electron chi connectivity index (χ1n) is 7.56. The molecule has 0 aliphatic heterocycles. The van der Waals surface area contributed by atoms with Crippen molar-refractivity contribution in [2.45, 2.75) is 33.4 Å². The number of aryl methyl sites for hydroxylation is 1. The zero-order chi connectivity index (χ0) is 15.2. The minimum absolute atomic E-state index is 0.304. The maximum atomic E-state index is 4.59. The molecule has 0 bridgehead atoms. The van der Waals surface area contributed by atoms with E-state index < -0.39 is 0 Å². The first kappa shape index (κ1) is 15.5. The van der Waals surface area contributed by atoms with Crippen LogP contribution in [0.1, 0.15) is 36.6 Å². The van der Waals surface area contributed by atoms with Crippen LogP contribution in [0.2, 0.25) is 0 Å². The van der Waals surface area contributed by atoms with Crippen LogP contribution >= 0.6 is 0 Å². The standard InChI is InChI=1S/C18H25N3/c1-5-19-15(3)17-10-7-11-20-18(17)21(4)13-16-9-6-8-14(2)12-16/h6-12,15,19H,5,13H2,1-4H3. The lowest BCUT2D eigenvalue weighted by Gasteiger charge is -2.24. The first-order chi connectivity index (χ1) is 10.1. The summed E-state index contributed by atoms with van der Waals surface area (Å²) in [4.78, 5) is 6.81. The Bertz CT molecular complexity index is 580. The fraction of sp³-hybridized carbons (Fsp3) is 0.389. The monoisotopic (exact) mass is 283 g/mol. The van der Waals surface area contributed by atoms with Gasteiger partial charge in [0.1, 0.15) is 5.82 Å². The Morgan fingerprint density at radius 1 is 1.24 bits per heavy atom. The Morgan fingerprint density at radius 2 is 2.05 bits per heavy atom. The Labute approximate surface area is 128 Å².